The molecule has 0 bridgehead atoms. The first-order chi connectivity index (χ1) is 14.9. The number of alkyl halides is 3. The Balaban J connectivity index is 2.42. The molecule has 0 fully saturated rings. The van der Waals surface area contributed by atoms with Crippen LogP contribution in [0.5, 0.6) is 11.5 Å². The van der Waals surface area contributed by atoms with Crippen LogP contribution in [0.15, 0.2) is 30.5 Å². The summed E-state index contributed by atoms with van der Waals surface area (Å²) in [6.45, 7) is 1.60. The Labute approximate surface area is 178 Å². The second-order valence-corrected chi connectivity index (χ2v) is 6.82. The maximum absolute atomic E-state index is 13.7. The van der Waals surface area contributed by atoms with E-state index in [1.165, 1.54) is 13.1 Å². The summed E-state index contributed by atoms with van der Waals surface area (Å²) in [4.78, 5) is 25.6. The molecule has 0 spiro atoms. The summed E-state index contributed by atoms with van der Waals surface area (Å²) in [6, 6.07) is 4.22. The molecule has 32 heavy (non-hydrogen) atoms. The molecule has 3 N–H and O–H groups in total. The molecule has 0 radical (unpaired) electrons. The van der Waals surface area contributed by atoms with Crippen LogP contribution < -0.4 is 0 Å². The first-order valence-corrected chi connectivity index (χ1v) is 9.07. The van der Waals surface area contributed by atoms with Crippen molar-refractivity contribution in [1.82, 2.24) is 9.55 Å². The maximum Gasteiger partial charge on any atom is 0.434 e. The number of halogens is 3. The monoisotopic (exact) mass is 451 g/mol. The lowest BCUT2D eigenvalue weighted by atomic mass is 9.98. The standard InChI is InChI=1S/C20H16F3N3O6/c1-3-9-4-5-24-18(20(21,22)23)15(9)16-11(19(29)30)8-12(25(16)2)10-6-13(26(31)32)17(28)14(27)7-10/h4-8,27-28H,3H2,1-2H3,(H,29,30). The highest BCUT2D eigenvalue weighted by Gasteiger charge is 2.38. The van der Waals surface area contributed by atoms with Crippen LogP contribution in [-0.4, -0.2) is 35.8 Å². The highest BCUT2D eigenvalue weighted by atomic mass is 19.4. The molecule has 1 aromatic carbocycles. The molecule has 0 saturated heterocycles. The van der Waals surface area contributed by atoms with Gasteiger partial charge in [-0.05, 0) is 30.2 Å². The highest BCUT2D eigenvalue weighted by molar-refractivity contribution is 5.98. The van der Waals surface area contributed by atoms with E-state index in [0.29, 0.717) is 0 Å². The van der Waals surface area contributed by atoms with Crippen molar-refractivity contribution in [1.29, 1.82) is 0 Å². The second-order valence-electron chi connectivity index (χ2n) is 6.82. The summed E-state index contributed by atoms with van der Waals surface area (Å²) in [5.41, 5.74) is -3.27. The van der Waals surface area contributed by atoms with E-state index >= 15 is 0 Å². The Morgan fingerprint density at radius 2 is 1.91 bits per heavy atom. The molecule has 0 aliphatic rings. The number of benzene rings is 1. The number of carboxylic acid groups (broad SMARTS) is 1. The zero-order valence-electron chi connectivity index (χ0n) is 16.6. The van der Waals surface area contributed by atoms with Gasteiger partial charge in [0.25, 0.3) is 0 Å². The van der Waals surface area contributed by atoms with Gasteiger partial charge in [0.05, 0.1) is 16.2 Å². The van der Waals surface area contributed by atoms with Gasteiger partial charge in [-0.3, -0.25) is 15.1 Å². The molecule has 2 heterocycles. The van der Waals surface area contributed by atoms with Crippen LogP contribution >= 0.6 is 0 Å². The molecule has 3 aromatic rings. The van der Waals surface area contributed by atoms with Crippen LogP contribution in [0.2, 0.25) is 0 Å². The predicted molar refractivity (Wildman–Crippen MR) is 105 cm³/mol. The van der Waals surface area contributed by atoms with E-state index < -0.39 is 51.1 Å². The van der Waals surface area contributed by atoms with Gasteiger partial charge in [0.1, 0.15) is 0 Å². The maximum atomic E-state index is 13.7. The molecule has 0 amide bonds. The van der Waals surface area contributed by atoms with Crippen molar-refractivity contribution in [3.05, 3.63) is 57.4 Å². The zero-order chi connectivity index (χ0) is 24.0. The van der Waals surface area contributed by atoms with Crippen LogP contribution in [0.3, 0.4) is 0 Å². The van der Waals surface area contributed by atoms with E-state index in [1.807, 2.05) is 0 Å². The lowest BCUT2D eigenvalue weighted by Crippen LogP contribution is -2.14. The number of rotatable bonds is 5. The number of aromatic carboxylic acids is 1. The molecule has 0 aliphatic heterocycles. The van der Waals surface area contributed by atoms with Crippen LogP contribution in [0.4, 0.5) is 18.9 Å². The van der Waals surface area contributed by atoms with Crippen molar-refractivity contribution < 1.29 is 38.2 Å². The van der Waals surface area contributed by atoms with Gasteiger partial charge in [-0.25, -0.2) is 4.79 Å². The summed E-state index contributed by atoms with van der Waals surface area (Å²) in [5, 5.41) is 40.5. The van der Waals surface area contributed by atoms with Gasteiger partial charge in [0.15, 0.2) is 11.4 Å². The SMILES string of the molecule is CCc1ccnc(C(F)(F)F)c1-c1c(C(=O)O)cc(-c2cc(O)c(O)c([N+](=O)[O-])c2)n1C. The summed E-state index contributed by atoms with van der Waals surface area (Å²) >= 11 is 0. The Bertz CT molecular complexity index is 1250. The van der Waals surface area contributed by atoms with Gasteiger partial charge >= 0.3 is 17.8 Å². The van der Waals surface area contributed by atoms with Crippen molar-refractivity contribution in [2.45, 2.75) is 19.5 Å². The second kappa shape index (κ2) is 7.87. The number of pyridine rings is 1. The fraction of sp³-hybridized carbons (Fsp3) is 0.200. The summed E-state index contributed by atoms with van der Waals surface area (Å²) in [7, 11) is 1.29. The van der Waals surface area contributed by atoms with Crippen LogP contribution in [-0.2, 0) is 19.6 Å². The number of aromatic nitrogens is 2. The van der Waals surface area contributed by atoms with Gasteiger partial charge in [0.2, 0.25) is 5.75 Å². The molecule has 2 aromatic heterocycles. The van der Waals surface area contributed by atoms with Crippen molar-refractivity contribution >= 4 is 11.7 Å². The number of hydrogen-bond acceptors (Lipinski definition) is 6. The predicted octanol–water partition coefficient (Wildman–Crippen LogP) is 4.35. The number of nitro benzene ring substituents is 1. The fourth-order valence-electron chi connectivity index (χ4n) is 3.51. The third-order valence-corrected chi connectivity index (χ3v) is 4.95. The first kappa shape index (κ1) is 22.6. The number of aromatic hydroxyl groups is 2. The minimum Gasteiger partial charge on any atom is -0.504 e. The molecular formula is C20H16F3N3O6. The van der Waals surface area contributed by atoms with E-state index in [9.17, 15) is 43.4 Å². The number of aryl methyl sites for hydroxylation is 1. The van der Waals surface area contributed by atoms with Crippen LogP contribution in [0, 0.1) is 10.1 Å². The van der Waals surface area contributed by atoms with Gasteiger partial charge in [-0.1, -0.05) is 6.92 Å². The van der Waals surface area contributed by atoms with Crippen molar-refractivity contribution in [2.24, 2.45) is 7.05 Å². The number of phenols is 2. The summed E-state index contributed by atoms with van der Waals surface area (Å²) in [6.07, 6.45) is -3.75. The average molecular weight is 451 g/mol. The number of carboxylic acids is 1. The smallest absolute Gasteiger partial charge is 0.434 e. The lowest BCUT2D eigenvalue weighted by molar-refractivity contribution is -0.385. The Kier molecular flexibility index (Phi) is 5.56. The van der Waals surface area contributed by atoms with Crippen LogP contribution in [0.1, 0.15) is 28.5 Å². The average Bonchev–Trinajstić information content (AvgIpc) is 3.05. The zero-order valence-corrected chi connectivity index (χ0v) is 16.6. The quantitative estimate of drug-likeness (QED) is 0.298. The molecule has 0 aliphatic carbocycles. The highest BCUT2D eigenvalue weighted by Crippen LogP contribution is 2.44. The van der Waals surface area contributed by atoms with Gasteiger partial charge < -0.3 is 19.9 Å². The van der Waals surface area contributed by atoms with Gasteiger partial charge in [-0.2, -0.15) is 13.2 Å². The number of nitrogens with zero attached hydrogens (tertiary/aromatic N) is 3. The number of hydrogen-bond donors (Lipinski definition) is 3. The number of carbonyl (C=O) groups is 1. The topological polar surface area (TPSA) is 139 Å². The molecule has 168 valence electrons. The Hall–Kier alpha value is -4.09. The lowest BCUT2D eigenvalue weighted by Gasteiger charge is -2.17. The fourth-order valence-corrected chi connectivity index (χ4v) is 3.51. The van der Waals surface area contributed by atoms with Crippen molar-refractivity contribution in [3.8, 4) is 34.0 Å². The summed E-state index contributed by atoms with van der Waals surface area (Å²) < 4.78 is 42.3. The molecule has 0 saturated carbocycles. The normalized spacial score (nSPS) is 11.5. The molecular weight excluding hydrogens is 435 g/mol. The largest absolute Gasteiger partial charge is 0.504 e. The Morgan fingerprint density at radius 1 is 1.25 bits per heavy atom. The van der Waals surface area contributed by atoms with Gasteiger partial charge in [0, 0.05) is 36.1 Å². The number of phenolic OH excluding ortho intramolecular Hbond substituents is 2. The minimum absolute atomic E-state index is 0.0326. The van der Waals surface area contributed by atoms with Crippen molar-refractivity contribution in [2.75, 3.05) is 0 Å². The van der Waals surface area contributed by atoms with Gasteiger partial charge in [-0.15, -0.1) is 0 Å². The third kappa shape index (κ3) is 3.70. The molecule has 0 unspecified atom stereocenters. The van der Waals surface area contributed by atoms with E-state index in [0.717, 1.165) is 29.0 Å². The van der Waals surface area contributed by atoms with Crippen LogP contribution in [0.25, 0.3) is 22.5 Å². The molecule has 12 heteroatoms. The third-order valence-electron chi connectivity index (χ3n) is 4.95. The molecule has 3 rings (SSSR count). The molecule has 0 atom stereocenters. The summed E-state index contributed by atoms with van der Waals surface area (Å²) in [5.74, 6) is -3.37. The Morgan fingerprint density at radius 3 is 2.44 bits per heavy atom. The molecule has 9 nitrogen and oxygen atoms in total. The number of nitro groups is 1. The van der Waals surface area contributed by atoms with E-state index in [2.05, 4.69) is 4.98 Å². The van der Waals surface area contributed by atoms with E-state index in [-0.39, 0.29) is 28.9 Å². The van der Waals surface area contributed by atoms with Crippen molar-refractivity contribution in [3.63, 3.8) is 0 Å². The van der Waals surface area contributed by atoms with E-state index in [1.54, 1.807) is 6.92 Å². The van der Waals surface area contributed by atoms with E-state index in [4.69, 9.17) is 0 Å². The first-order valence-electron chi connectivity index (χ1n) is 9.07. The minimum atomic E-state index is -4.88.